The first-order valence-corrected chi connectivity index (χ1v) is 12.4. The second-order valence-electron chi connectivity index (χ2n) is 9.27. The van der Waals surface area contributed by atoms with Gasteiger partial charge in [-0.25, -0.2) is 9.79 Å². The highest BCUT2D eigenvalue weighted by molar-refractivity contribution is 6.21. The molecule has 0 spiro atoms. The van der Waals surface area contributed by atoms with E-state index in [1.807, 2.05) is 79.7 Å². The van der Waals surface area contributed by atoms with Crippen LogP contribution in [0.4, 0.5) is 16.2 Å². The molecule has 0 aromatic heterocycles. The molecule has 3 aromatic carbocycles. The number of Topliss-reactive ketones (excluding diaryl/α,β-unsaturated/α-hetero) is 1. The van der Waals surface area contributed by atoms with Gasteiger partial charge in [-0.3, -0.25) is 9.59 Å². The minimum Gasteiger partial charge on any atom is -0.308 e. The van der Waals surface area contributed by atoms with Gasteiger partial charge >= 0.3 is 6.03 Å². The van der Waals surface area contributed by atoms with Crippen LogP contribution in [0.15, 0.2) is 83.9 Å². The number of urea groups is 1. The van der Waals surface area contributed by atoms with Gasteiger partial charge in [-0.1, -0.05) is 60.7 Å². The van der Waals surface area contributed by atoms with Crippen LogP contribution in [-0.2, 0) is 9.59 Å². The van der Waals surface area contributed by atoms with Crippen molar-refractivity contribution in [3.8, 4) is 0 Å². The van der Waals surface area contributed by atoms with Crippen LogP contribution in [0.25, 0.3) is 0 Å². The van der Waals surface area contributed by atoms with E-state index in [-0.39, 0.29) is 30.8 Å². The largest absolute Gasteiger partial charge is 0.321 e. The summed E-state index contributed by atoms with van der Waals surface area (Å²) in [6, 6.07) is 23.5. The van der Waals surface area contributed by atoms with E-state index in [2.05, 4.69) is 16.0 Å². The normalized spacial score (nSPS) is 18.5. The highest BCUT2D eigenvalue weighted by Crippen LogP contribution is 2.28. The first kappa shape index (κ1) is 27.0. The highest BCUT2D eigenvalue weighted by Gasteiger charge is 2.35. The summed E-state index contributed by atoms with van der Waals surface area (Å²) in [7, 11) is 0. The quantitative estimate of drug-likeness (QED) is 0.446. The molecule has 2 heterocycles. The number of anilines is 2. The Morgan fingerprint density at radius 2 is 1.79 bits per heavy atom. The number of aliphatic imine (C=N–C) groups is 1. The van der Waals surface area contributed by atoms with Crippen molar-refractivity contribution in [3.05, 3.63) is 95.6 Å². The lowest BCUT2D eigenvalue weighted by Gasteiger charge is -2.26. The summed E-state index contributed by atoms with van der Waals surface area (Å²) < 4.78 is 0. The van der Waals surface area contributed by atoms with Gasteiger partial charge in [0, 0.05) is 16.8 Å². The molecule has 2 aliphatic rings. The summed E-state index contributed by atoms with van der Waals surface area (Å²) in [5, 5.41) is 8.72. The number of carbonyl (C=O) groups is 3. The number of nitrogens with one attached hydrogen (secondary N) is 3. The fraction of sp³-hybridized carbons (Fsp3) is 0.241. The van der Waals surface area contributed by atoms with Gasteiger partial charge in [-0.05, 0) is 50.1 Å². The predicted octanol–water partition coefficient (Wildman–Crippen LogP) is 4.07. The molecule has 9 heteroatoms. The minimum absolute atomic E-state index is 0. The smallest absolute Gasteiger partial charge is 0.308 e. The molecule has 0 aliphatic carbocycles. The van der Waals surface area contributed by atoms with Gasteiger partial charge in [0.05, 0.1) is 24.0 Å². The Bertz CT molecular complexity index is 1360. The maximum absolute atomic E-state index is 13.9. The molecular weight excluding hydrogens is 502 g/mol. The molecule has 2 aliphatic heterocycles. The monoisotopic (exact) mass is 531 g/mol. The Labute approximate surface area is 227 Å². The predicted molar refractivity (Wildman–Crippen MR) is 151 cm³/mol. The molecule has 1 saturated heterocycles. The SMILES string of the molecule is Cc1cccc(NC(=O)NC2N=C(c3ccccc3)c3ccccc3N(CC(=O)[C@@H]3CCCN3)C2=O)c1.Cl. The zero-order valence-electron chi connectivity index (χ0n) is 21.0. The summed E-state index contributed by atoms with van der Waals surface area (Å²) in [5.41, 5.74) is 4.28. The zero-order valence-corrected chi connectivity index (χ0v) is 21.8. The molecule has 0 bridgehead atoms. The number of carbonyl (C=O) groups excluding carboxylic acids is 3. The number of fused-ring (bicyclic) bond motifs is 1. The third kappa shape index (κ3) is 5.93. The molecule has 196 valence electrons. The molecule has 3 aromatic rings. The van der Waals surface area contributed by atoms with Gasteiger partial charge in [0.15, 0.2) is 5.78 Å². The van der Waals surface area contributed by atoms with E-state index in [4.69, 9.17) is 4.99 Å². The van der Waals surface area contributed by atoms with Crippen molar-refractivity contribution in [2.45, 2.75) is 32.0 Å². The number of aryl methyl sites for hydroxylation is 1. The number of amides is 3. The van der Waals surface area contributed by atoms with E-state index in [0.29, 0.717) is 17.1 Å². The first-order valence-electron chi connectivity index (χ1n) is 12.4. The van der Waals surface area contributed by atoms with Crippen molar-refractivity contribution in [1.82, 2.24) is 10.6 Å². The van der Waals surface area contributed by atoms with Crippen LogP contribution in [0.1, 0.15) is 29.5 Å². The summed E-state index contributed by atoms with van der Waals surface area (Å²) in [6.07, 6.45) is 0.442. The molecule has 0 radical (unpaired) electrons. The van der Waals surface area contributed by atoms with E-state index in [9.17, 15) is 14.4 Å². The molecule has 38 heavy (non-hydrogen) atoms. The van der Waals surface area contributed by atoms with Crippen LogP contribution in [0.5, 0.6) is 0 Å². The average molecular weight is 532 g/mol. The van der Waals surface area contributed by atoms with E-state index < -0.39 is 18.1 Å². The molecule has 8 nitrogen and oxygen atoms in total. The average Bonchev–Trinajstić information content (AvgIpc) is 3.42. The lowest BCUT2D eigenvalue weighted by molar-refractivity contribution is -0.124. The Morgan fingerprint density at radius 1 is 1.03 bits per heavy atom. The van der Waals surface area contributed by atoms with Gasteiger partial charge < -0.3 is 20.9 Å². The van der Waals surface area contributed by atoms with Crippen molar-refractivity contribution in [2.75, 3.05) is 23.3 Å². The van der Waals surface area contributed by atoms with Crippen molar-refractivity contribution in [3.63, 3.8) is 0 Å². The number of para-hydroxylation sites is 1. The molecule has 1 unspecified atom stereocenters. The van der Waals surface area contributed by atoms with Crippen LogP contribution >= 0.6 is 12.4 Å². The van der Waals surface area contributed by atoms with E-state index in [0.717, 1.165) is 36.1 Å². The summed E-state index contributed by atoms with van der Waals surface area (Å²) in [5.74, 6) is -0.532. The fourth-order valence-electron chi connectivity index (χ4n) is 4.75. The number of benzene rings is 3. The van der Waals surface area contributed by atoms with Crippen molar-refractivity contribution >= 4 is 47.2 Å². The number of rotatable bonds is 6. The molecule has 3 amide bonds. The van der Waals surface area contributed by atoms with Crippen molar-refractivity contribution < 1.29 is 14.4 Å². The van der Waals surface area contributed by atoms with Crippen LogP contribution in [-0.4, -0.2) is 48.7 Å². The molecule has 5 rings (SSSR count). The van der Waals surface area contributed by atoms with Crippen LogP contribution in [0, 0.1) is 6.92 Å². The number of ketones is 1. The third-order valence-corrected chi connectivity index (χ3v) is 6.56. The standard InChI is InChI=1S/C29H29N5O3.ClH/c1-19-9-7-12-21(17-19)31-29(37)33-27-28(36)34(18-25(35)23-14-8-16-30-23)24-15-6-5-13-22(24)26(32-27)20-10-3-2-4-11-20;/h2-7,9-13,15,17,23,27,30H,8,14,16,18H2,1H3,(H2,31,33,37);1H/t23-,27?;/m0./s1. The Hall–Kier alpha value is -4.01. The Kier molecular flexibility index (Phi) is 8.55. The second-order valence-corrected chi connectivity index (χ2v) is 9.27. The van der Waals surface area contributed by atoms with Gasteiger partial charge in [-0.15, -0.1) is 12.4 Å². The third-order valence-electron chi connectivity index (χ3n) is 6.56. The molecular formula is C29H30ClN5O3. The lowest BCUT2D eigenvalue weighted by Crippen LogP contribution is -2.51. The van der Waals surface area contributed by atoms with Gasteiger partial charge in [0.1, 0.15) is 0 Å². The zero-order chi connectivity index (χ0) is 25.8. The number of hydrogen-bond donors (Lipinski definition) is 3. The van der Waals surface area contributed by atoms with Crippen LogP contribution < -0.4 is 20.9 Å². The van der Waals surface area contributed by atoms with Crippen LogP contribution in [0.2, 0.25) is 0 Å². The van der Waals surface area contributed by atoms with Gasteiger partial charge in [0.25, 0.3) is 5.91 Å². The van der Waals surface area contributed by atoms with Crippen molar-refractivity contribution in [1.29, 1.82) is 0 Å². The van der Waals surface area contributed by atoms with Crippen LogP contribution in [0.3, 0.4) is 0 Å². The first-order chi connectivity index (χ1) is 18.0. The summed E-state index contributed by atoms with van der Waals surface area (Å²) in [4.78, 5) is 46.2. The Morgan fingerprint density at radius 3 is 2.53 bits per heavy atom. The number of nitrogens with zero attached hydrogens (tertiary/aromatic N) is 2. The second kappa shape index (κ2) is 12.0. The van der Waals surface area contributed by atoms with E-state index >= 15 is 0 Å². The number of halogens is 1. The van der Waals surface area contributed by atoms with E-state index in [1.165, 1.54) is 4.90 Å². The maximum Gasteiger partial charge on any atom is 0.321 e. The topological polar surface area (TPSA) is 103 Å². The molecule has 3 N–H and O–H groups in total. The Balaban J connectivity index is 0.00000336. The highest BCUT2D eigenvalue weighted by atomic mass is 35.5. The van der Waals surface area contributed by atoms with Gasteiger partial charge in [-0.2, -0.15) is 0 Å². The fourth-order valence-corrected chi connectivity index (χ4v) is 4.75. The molecule has 2 atom stereocenters. The lowest BCUT2D eigenvalue weighted by atomic mass is 10.00. The maximum atomic E-state index is 13.9. The minimum atomic E-state index is -1.23. The number of hydrogen-bond acceptors (Lipinski definition) is 5. The summed E-state index contributed by atoms with van der Waals surface area (Å²) in [6.45, 7) is 2.61. The summed E-state index contributed by atoms with van der Waals surface area (Å²) >= 11 is 0. The van der Waals surface area contributed by atoms with Gasteiger partial charge in [0.2, 0.25) is 6.17 Å². The van der Waals surface area contributed by atoms with E-state index in [1.54, 1.807) is 6.07 Å². The molecule has 1 fully saturated rings. The van der Waals surface area contributed by atoms with Crippen molar-refractivity contribution in [2.24, 2.45) is 4.99 Å². The number of benzodiazepines with no additional fused rings is 1. The molecule has 0 saturated carbocycles.